The van der Waals surface area contributed by atoms with Gasteiger partial charge in [-0.1, -0.05) is 12.1 Å². The minimum atomic E-state index is -0.189. The number of ether oxygens (including phenoxy) is 1. The Morgan fingerprint density at radius 2 is 1.86 bits per heavy atom. The normalized spacial score (nSPS) is 11.8. The van der Waals surface area contributed by atoms with Crippen LogP contribution in [0.4, 0.5) is 5.69 Å². The number of rotatable bonds is 5. The van der Waals surface area contributed by atoms with Gasteiger partial charge in [0, 0.05) is 9.37 Å². The fourth-order valence-corrected chi connectivity index (χ4v) is 2.96. The predicted octanol–water partition coefficient (Wildman–Crippen LogP) is 4.58. The van der Waals surface area contributed by atoms with Crippen LogP contribution in [0.1, 0.15) is 6.92 Å². The summed E-state index contributed by atoms with van der Waals surface area (Å²) in [4.78, 5) is 13.2. The largest absolute Gasteiger partial charge is 0.497 e. The fourth-order valence-electron chi connectivity index (χ4n) is 1.71. The molecule has 0 aromatic heterocycles. The number of anilines is 1. The number of para-hydroxylation sites is 1. The number of thioether (sulfide) groups is 1. The first-order valence-corrected chi connectivity index (χ1v) is 8.13. The third-order valence-corrected chi connectivity index (χ3v) is 4.68. The van der Waals surface area contributed by atoms with Crippen molar-refractivity contribution >= 4 is 39.3 Å². The number of carbonyl (C=O) groups is 1. The third-order valence-electron chi connectivity index (χ3n) is 2.87. The van der Waals surface area contributed by atoms with Crippen molar-refractivity contribution in [1.82, 2.24) is 0 Å². The van der Waals surface area contributed by atoms with Gasteiger partial charge in [-0.25, -0.2) is 0 Å². The fraction of sp³-hybridized carbons (Fsp3) is 0.188. The molecule has 0 fully saturated rings. The lowest BCUT2D eigenvalue weighted by molar-refractivity contribution is -0.115. The first-order chi connectivity index (χ1) is 10.1. The monoisotopic (exact) mass is 365 g/mol. The van der Waals surface area contributed by atoms with Crippen LogP contribution < -0.4 is 10.1 Å². The lowest BCUT2D eigenvalue weighted by Gasteiger charge is -2.13. The van der Waals surface area contributed by atoms with E-state index in [1.54, 1.807) is 7.11 Å². The zero-order valence-electron chi connectivity index (χ0n) is 11.8. The highest BCUT2D eigenvalue weighted by Crippen LogP contribution is 2.27. The number of carbonyl (C=O) groups excluding carboxylic acids is 1. The number of methoxy groups -OCH3 is 1. The van der Waals surface area contributed by atoms with Gasteiger partial charge >= 0.3 is 0 Å². The molecule has 0 aliphatic heterocycles. The van der Waals surface area contributed by atoms with Crippen molar-refractivity contribution < 1.29 is 9.53 Å². The summed E-state index contributed by atoms with van der Waals surface area (Å²) >= 11 is 4.93. The molecule has 0 bridgehead atoms. The Morgan fingerprint density at radius 3 is 2.48 bits per heavy atom. The van der Waals surface area contributed by atoms with Crippen molar-refractivity contribution in [2.75, 3.05) is 12.4 Å². The van der Waals surface area contributed by atoms with E-state index >= 15 is 0 Å². The van der Waals surface area contributed by atoms with Crippen molar-refractivity contribution in [3.8, 4) is 5.75 Å². The van der Waals surface area contributed by atoms with Crippen molar-refractivity contribution in [3.05, 3.63) is 53.0 Å². The van der Waals surface area contributed by atoms with Gasteiger partial charge in [-0.15, -0.1) is 11.8 Å². The summed E-state index contributed by atoms with van der Waals surface area (Å²) in [6, 6.07) is 15.2. The van der Waals surface area contributed by atoms with E-state index < -0.39 is 0 Å². The summed E-state index contributed by atoms with van der Waals surface area (Å²) in [5.74, 6) is 0.785. The maximum Gasteiger partial charge on any atom is 0.237 e. The Morgan fingerprint density at radius 1 is 1.19 bits per heavy atom. The van der Waals surface area contributed by atoms with Crippen LogP contribution in [0.25, 0.3) is 0 Å². The number of amides is 1. The molecule has 1 N–H and O–H groups in total. The molecule has 0 saturated heterocycles. The molecule has 2 aromatic carbocycles. The Kier molecular flexibility index (Phi) is 5.70. The van der Waals surface area contributed by atoms with E-state index in [-0.39, 0.29) is 11.2 Å². The lowest BCUT2D eigenvalue weighted by Crippen LogP contribution is -2.22. The predicted molar refractivity (Wildman–Crippen MR) is 91.1 cm³/mol. The Balaban J connectivity index is 1.97. The minimum Gasteiger partial charge on any atom is -0.497 e. The molecule has 0 heterocycles. The molecule has 2 rings (SSSR count). The molecule has 0 spiro atoms. The lowest BCUT2D eigenvalue weighted by atomic mass is 10.3. The average Bonchev–Trinajstić information content (AvgIpc) is 2.50. The van der Waals surface area contributed by atoms with Crippen LogP contribution in [-0.2, 0) is 4.79 Å². The summed E-state index contributed by atoms with van der Waals surface area (Å²) in [5, 5.41) is 2.73. The second kappa shape index (κ2) is 7.52. The molecule has 2 aromatic rings. The highest BCUT2D eigenvalue weighted by Gasteiger charge is 2.15. The standard InChI is InChI=1S/C16H16BrNO2S/c1-11(21-13-9-7-12(20-2)8-10-13)16(19)18-15-6-4-3-5-14(15)17/h3-11H,1-2H3,(H,18,19)/t11-/m1/s1. The first kappa shape index (κ1) is 15.9. The van der Waals surface area contributed by atoms with E-state index in [1.807, 2.05) is 55.5 Å². The number of halogens is 1. The van der Waals surface area contributed by atoms with Gasteiger partial charge < -0.3 is 10.1 Å². The zero-order valence-corrected chi connectivity index (χ0v) is 14.2. The maximum atomic E-state index is 12.2. The van der Waals surface area contributed by atoms with Gasteiger partial charge in [0.05, 0.1) is 18.0 Å². The summed E-state index contributed by atoms with van der Waals surface area (Å²) in [5.41, 5.74) is 0.782. The van der Waals surface area contributed by atoms with Crippen LogP contribution >= 0.6 is 27.7 Å². The van der Waals surface area contributed by atoms with Crippen molar-refractivity contribution in [1.29, 1.82) is 0 Å². The van der Waals surface area contributed by atoms with Crippen LogP contribution in [0.2, 0.25) is 0 Å². The average molecular weight is 366 g/mol. The van der Waals surface area contributed by atoms with Crippen molar-refractivity contribution in [2.24, 2.45) is 0 Å². The van der Waals surface area contributed by atoms with E-state index in [0.717, 1.165) is 20.8 Å². The summed E-state index contributed by atoms with van der Waals surface area (Å²) in [6.07, 6.45) is 0. The molecule has 3 nitrogen and oxygen atoms in total. The van der Waals surface area contributed by atoms with Gasteiger partial charge in [-0.3, -0.25) is 4.79 Å². The Bertz CT molecular complexity index is 616. The molecular weight excluding hydrogens is 350 g/mol. The van der Waals surface area contributed by atoms with Gasteiger partial charge in [0.25, 0.3) is 0 Å². The Hall–Kier alpha value is -1.46. The van der Waals surface area contributed by atoms with E-state index in [4.69, 9.17) is 4.74 Å². The SMILES string of the molecule is COc1ccc(S[C@H](C)C(=O)Nc2ccccc2Br)cc1. The molecule has 0 saturated carbocycles. The molecule has 1 atom stereocenters. The minimum absolute atomic E-state index is 0.0253. The van der Waals surface area contributed by atoms with E-state index in [9.17, 15) is 4.79 Å². The maximum absolute atomic E-state index is 12.2. The van der Waals surface area contributed by atoms with Crippen LogP contribution in [0.5, 0.6) is 5.75 Å². The number of nitrogens with one attached hydrogen (secondary N) is 1. The summed E-state index contributed by atoms with van der Waals surface area (Å²) in [7, 11) is 1.63. The van der Waals surface area contributed by atoms with E-state index in [2.05, 4.69) is 21.2 Å². The highest BCUT2D eigenvalue weighted by atomic mass is 79.9. The summed E-state index contributed by atoms with van der Waals surface area (Å²) in [6.45, 7) is 1.89. The first-order valence-electron chi connectivity index (χ1n) is 6.46. The molecule has 5 heteroatoms. The van der Waals surface area contributed by atoms with Crippen molar-refractivity contribution in [2.45, 2.75) is 17.1 Å². The van der Waals surface area contributed by atoms with Gasteiger partial charge in [0.15, 0.2) is 0 Å². The highest BCUT2D eigenvalue weighted by molar-refractivity contribution is 9.10. The summed E-state index contributed by atoms with van der Waals surface area (Å²) < 4.78 is 6.00. The van der Waals surface area contributed by atoms with Crippen LogP contribution in [-0.4, -0.2) is 18.3 Å². The van der Waals surface area contributed by atoms with Gasteiger partial charge in [0.1, 0.15) is 5.75 Å². The zero-order chi connectivity index (χ0) is 15.2. The quantitative estimate of drug-likeness (QED) is 0.788. The van der Waals surface area contributed by atoms with E-state index in [1.165, 1.54) is 11.8 Å². The number of benzene rings is 2. The molecule has 0 unspecified atom stereocenters. The van der Waals surface area contributed by atoms with Gasteiger partial charge in [-0.05, 0) is 59.3 Å². The van der Waals surface area contributed by atoms with Gasteiger partial charge in [-0.2, -0.15) is 0 Å². The Labute approximate surface area is 137 Å². The molecule has 0 radical (unpaired) electrons. The molecule has 1 amide bonds. The molecule has 0 aliphatic carbocycles. The molecule has 0 aliphatic rings. The van der Waals surface area contributed by atoms with Gasteiger partial charge in [0.2, 0.25) is 5.91 Å². The molecule has 21 heavy (non-hydrogen) atoms. The second-order valence-corrected chi connectivity index (χ2v) is 6.67. The van der Waals surface area contributed by atoms with Crippen LogP contribution in [0.3, 0.4) is 0 Å². The third kappa shape index (κ3) is 4.51. The molecular formula is C16H16BrNO2S. The smallest absolute Gasteiger partial charge is 0.237 e. The second-order valence-electron chi connectivity index (χ2n) is 4.40. The number of hydrogen-bond acceptors (Lipinski definition) is 3. The topological polar surface area (TPSA) is 38.3 Å². The number of hydrogen-bond donors (Lipinski definition) is 1. The van der Waals surface area contributed by atoms with Crippen LogP contribution in [0.15, 0.2) is 57.9 Å². The molecule has 110 valence electrons. The van der Waals surface area contributed by atoms with Crippen molar-refractivity contribution in [3.63, 3.8) is 0 Å². The van der Waals surface area contributed by atoms with E-state index in [0.29, 0.717) is 0 Å². The van der Waals surface area contributed by atoms with Crippen LogP contribution in [0, 0.1) is 0 Å².